The molecular weight excluding hydrogens is 629 g/mol. The molecule has 0 bridgehead atoms. The molecule has 2 nitrogen and oxygen atoms in total. The van der Waals surface area contributed by atoms with Crippen LogP contribution in [0.4, 0.5) is 0 Å². The van der Waals surface area contributed by atoms with Crippen LogP contribution in [0.2, 0.25) is 0 Å². The van der Waals surface area contributed by atoms with Gasteiger partial charge in [0.2, 0.25) is 0 Å². The first-order chi connectivity index (χ1) is 25.8. The molecule has 0 N–H and O–H groups in total. The Balaban J connectivity index is 2.15. The van der Waals surface area contributed by atoms with Gasteiger partial charge in [0.15, 0.2) is 0 Å². The number of hydrogen-bond donors (Lipinski definition) is 0. The number of rotatable bonds is 44. The summed E-state index contributed by atoms with van der Waals surface area (Å²) >= 11 is 0. The van der Waals surface area contributed by atoms with Crippen molar-refractivity contribution >= 4 is 0 Å². The normalized spacial score (nSPS) is 13.4. The van der Waals surface area contributed by atoms with E-state index in [9.17, 15) is 0 Å². The molecule has 310 valence electrons. The average Bonchev–Trinajstić information content (AvgIpc) is 3.54. The van der Waals surface area contributed by atoms with Crippen LogP contribution in [-0.4, -0.2) is 29.1 Å². The molecule has 0 atom stereocenters. The molecule has 0 amide bonds. The van der Waals surface area contributed by atoms with Gasteiger partial charge in [-0.25, -0.2) is 0 Å². The van der Waals surface area contributed by atoms with E-state index in [1.54, 1.807) is 0 Å². The molecule has 2 heteroatoms. The maximum absolute atomic E-state index is 2.74. The molecular formula is C50H100N2. The van der Waals surface area contributed by atoms with Crippen LogP contribution in [-0.2, 0) is 0 Å². The van der Waals surface area contributed by atoms with Crippen LogP contribution < -0.4 is 0 Å². The van der Waals surface area contributed by atoms with Gasteiger partial charge in [0.05, 0.1) is 0 Å². The van der Waals surface area contributed by atoms with Gasteiger partial charge in [0.25, 0.3) is 0 Å². The zero-order valence-corrected chi connectivity index (χ0v) is 36.7. The van der Waals surface area contributed by atoms with Gasteiger partial charge >= 0.3 is 0 Å². The zero-order chi connectivity index (χ0) is 37.3. The first kappa shape index (κ1) is 49.4. The highest BCUT2D eigenvalue weighted by Crippen LogP contribution is 2.24. The van der Waals surface area contributed by atoms with Crippen LogP contribution in [0.5, 0.6) is 0 Å². The topological polar surface area (TPSA) is 6.48 Å². The Morgan fingerprint density at radius 1 is 0.250 bits per heavy atom. The van der Waals surface area contributed by atoms with Crippen molar-refractivity contribution in [3.8, 4) is 0 Å². The van der Waals surface area contributed by atoms with E-state index in [1.165, 1.54) is 283 Å². The summed E-state index contributed by atoms with van der Waals surface area (Å²) in [5.74, 6) is 0. The largest absolute Gasteiger partial charge is 0.356 e. The van der Waals surface area contributed by atoms with Crippen molar-refractivity contribution < 1.29 is 0 Å². The lowest BCUT2D eigenvalue weighted by Crippen LogP contribution is -2.39. The monoisotopic (exact) mass is 729 g/mol. The first-order valence-corrected chi connectivity index (χ1v) is 25.0. The average molecular weight is 729 g/mol. The summed E-state index contributed by atoms with van der Waals surface area (Å²) in [5, 5.41) is 0. The maximum atomic E-state index is 2.74. The molecule has 0 aromatic rings. The van der Waals surface area contributed by atoms with Gasteiger partial charge in [-0.3, -0.25) is 0 Å². The second-order valence-electron chi connectivity index (χ2n) is 17.5. The Labute approximate surface area is 330 Å². The molecule has 52 heavy (non-hydrogen) atoms. The maximum Gasteiger partial charge on any atom is 0.101 e. The molecule has 0 radical (unpaired) electrons. The Kier molecular flexibility index (Phi) is 39.4. The van der Waals surface area contributed by atoms with E-state index in [1.807, 2.05) is 0 Å². The fraction of sp³-hybridized carbons (Fsp3) is 0.960. The molecule has 0 unspecified atom stereocenters. The minimum absolute atomic E-state index is 0.636. The molecule has 0 saturated heterocycles. The summed E-state index contributed by atoms with van der Waals surface area (Å²) in [7, 11) is 0. The van der Waals surface area contributed by atoms with Crippen LogP contribution in [0.15, 0.2) is 12.4 Å². The van der Waals surface area contributed by atoms with Crippen molar-refractivity contribution in [1.29, 1.82) is 0 Å². The van der Waals surface area contributed by atoms with Crippen LogP contribution in [0, 0.1) is 0 Å². The minimum atomic E-state index is 0.636. The second kappa shape index (κ2) is 41.5. The molecule has 0 saturated carbocycles. The van der Waals surface area contributed by atoms with Crippen LogP contribution in [0.1, 0.15) is 290 Å². The third-order valence-corrected chi connectivity index (χ3v) is 12.3. The summed E-state index contributed by atoms with van der Waals surface area (Å²) in [5.41, 5.74) is 0. The van der Waals surface area contributed by atoms with E-state index in [4.69, 9.17) is 0 Å². The molecule has 1 aliphatic rings. The van der Waals surface area contributed by atoms with E-state index in [0.29, 0.717) is 6.17 Å². The molecule has 0 aromatic heterocycles. The molecule has 1 heterocycles. The fourth-order valence-corrected chi connectivity index (χ4v) is 8.66. The predicted molar refractivity (Wildman–Crippen MR) is 237 cm³/mol. The third-order valence-electron chi connectivity index (χ3n) is 12.3. The van der Waals surface area contributed by atoms with Gasteiger partial charge in [-0.1, -0.05) is 265 Å². The lowest BCUT2D eigenvalue weighted by atomic mass is 10.0. The van der Waals surface area contributed by atoms with E-state index in [2.05, 4.69) is 43.0 Å². The van der Waals surface area contributed by atoms with Gasteiger partial charge in [0.1, 0.15) is 6.17 Å². The fourth-order valence-electron chi connectivity index (χ4n) is 8.66. The van der Waals surface area contributed by atoms with Gasteiger partial charge in [0, 0.05) is 25.5 Å². The predicted octanol–water partition coefficient (Wildman–Crippen LogP) is 17.8. The van der Waals surface area contributed by atoms with E-state index in [0.717, 1.165) is 0 Å². The van der Waals surface area contributed by atoms with Gasteiger partial charge in [-0.05, 0) is 25.7 Å². The van der Waals surface area contributed by atoms with Crippen molar-refractivity contribution in [2.45, 2.75) is 297 Å². The van der Waals surface area contributed by atoms with E-state index >= 15 is 0 Å². The lowest BCUT2D eigenvalue weighted by Gasteiger charge is -2.33. The van der Waals surface area contributed by atoms with Crippen molar-refractivity contribution in [2.75, 3.05) is 13.1 Å². The lowest BCUT2D eigenvalue weighted by molar-refractivity contribution is 0.135. The highest BCUT2D eigenvalue weighted by molar-refractivity contribution is 4.97. The smallest absolute Gasteiger partial charge is 0.101 e. The standard InChI is InChI=1S/C50H100N2/c1-4-7-10-13-16-19-21-23-25-27-29-31-34-37-40-43-46-51-48-49-52(50(51)45-42-39-36-33-18-15-12-9-6-3)47-44-41-38-35-32-30-28-26-24-22-20-17-14-11-8-5-2/h48-50H,4-47H2,1-3H3. The summed E-state index contributed by atoms with van der Waals surface area (Å²) in [6.07, 6.45) is 66.4. The molecule has 0 spiro atoms. The summed E-state index contributed by atoms with van der Waals surface area (Å²) in [6, 6.07) is 0. The summed E-state index contributed by atoms with van der Waals surface area (Å²) < 4.78 is 0. The van der Waals surface area contributed by atoms with Crippen LogP contribution in [0.3, 0.4) is 0 Å². The van der Waals surface area contributed by atoms with Gasteiger partial charge in [-0.2, -0.15) is 0 Å². The summed E-state index contributed by atoms with van der Waals surface area (Å²) in [4.78, 5) is 5.47. The number of unbranched alkanes of at least 4 members (excludes halogenated alkanes) is 38. The quantitative estimate of drug-likeness (QED) is 0.0576. The third kappa shape index (κ3) is 32.7. The Morgan fingerprint density at radius 2 is 0.442 bits per heavy atom. The zero-order valence-electron chi connectivity index (χ0n) is 36.7. The van der Waals surface area contributed by atoms with Crippen molar-refractivity contribution in [1.82, 2.24) is 9.80 Å². The highest BCUT2D eigenvalue weighted by atomic mass is 15.4. The van der Waals surface area contributed by atoms with Gasteiger partial charge in [-0.15, -0.1) is 0 Å². The molecule has 0 aliphatic carbocycles. The SMILES string of the molecule is CCCCCCCCCCCCCCCCCCN1C=CN(CCCCCCCCCCCCCCCCCC)C1CCCCCCCCCCC. The molecule has 0 fully saturated rings. The van der Waals surface area contributed by atoms with Crippen LogP contribution >= 0.6 is 0 Å². The van der Waals surface area contributed by atoms with Crippen molar-refractivity contribution in [2.24, 2.45) is 0 Å². The molecule has 0 aromatic carbocycles. The Hall–Kier alpha value is -0.660. The van der Waals surface area contributed by atoms with E-state index in [-0.39, 0.29) is 0 Å². The number of hydrogen-bond acceptors (Lipinski definition) is 2. The summed E-state index contributed by atoms with van der Waals surface area (Å²) in [6.45, 7) is 9.50. The molecule has 1 rings (SSSR count). The van der Waals surface area contributed by atoms with Crippen LogP contribution in [0.25, 0.3) is 0 Å². The first-order valence-electron chi connectivity index (χ1n) is 25.0. The van der Waals surface area contributed by atoms with Crippen molar-refractivity contribution in [3.63, 3.8) is 0 Å². The second-order valence-corrected chi connectivity index (χ2v) is 17.5. The van der Waals surface area contributed by atoms with Crippen molar-refractivity contribution in [3.05, 3.63) is 12.4 Å². The minimum Gasteiger partial charge on any atom is -0.356 e. The molecule has 1 aliphatic heterocycles. The Morgan fingerprint density at radius 3 is 0.673 bits per heavy atom. The van der Waals surface area contributed by atoms with E-state index < -0.39 is 0 Å². The number of nitrogens with zero attached hydrogens (tertiary/aromatic N) is 2. The highest BCUT2D eigenvalue weighted by Gasteiger charge is 2.24. The van der Waals surface area contributed by atoms with Gasteiger partial charge < -0.3 is 9.80 Å². The Bertz CT molecular complexity index is 642.